The topological polar surface area (TPSA) is 0 Å². The average molecular weight is 336 g/mol. The molecule has 4 aromatic rings. The lowest BCUT2D eigenvalue weighted by molar-refractivity contribution is 0.590. The van der Waals surface area contributed by atoms with Crippen molar-refractivity contribution in [2.24, 2.45) is 0 Å². The molecule has 0 radical (unpaired) electrons. The predicted molar refractivity (Wildman–Crippen MR) is 114 cm³/mol. The van der Waals surface area contributed by atoms with Crippen molar-refractivity contribution < 1.29 is 0 Å². The Morgan fingerprint density at radius 2 is 1.23 bits per heavy atom. The average Bonchev–Trinajstić information content (AvgIpc) is 2.67. The van der Waals surface area contributed by atoms with Crippen molar-refractivity contribution in [3.63, 3.8) is 0 Å². The molecule has 0 aliphatic rings. The summed E-state index contributed by atoms with van der Waals surface area (Å²) in [4.78, 5) is 0. The maximum absolute atomic E-state index is 2.30. The zero-order chi connectivity index (χ0) is 18.1. The number of hydrogen-bond acceptors (Lipinski definition) is 0. The van der Waals surface area contributed by atoms with E-state index < -0.39 is 0 Å². The van der Waals surface area contributed by atoms with Gasteiger partial charge in [-0.3, -0.25) is 0 Å². The minimum atomic E-state index is 0.187. The van der Waals surface area contributed by atoms with Gasteiger partial charge < -0.3 is 0 Å². The Labute approximate surface area is 156 Å². The molecular formula is C26H24. The standard InChI is InChI=1S/C26H24/c1-26(2,3)23-15-12-19(13-16-23)21-14-17-25-22(18-21)10-7-11-24(25)20-8-5-4-6-9-20/h4-18H,1-3H3. The molecule has 0 fully saturated rings. The smallest absolute Gasteiger partial charge is 0.0105 e. The van der Waals surface area contributed by atoms with E-state index in [1.165, 1.54) is 38.6 Å². The second kappa shape index (κ2) is 6.46. The molecule has 0 amide bonds. The van der Waals surface area contributed by atoms with Crippen LogP contribution in [0.4, 0.5) is 0 Å². The number of fused-ring (bicyclic) bond motifs is 1. The number of rotatable bonds is 2. The fourth-order valence-electron chi connectivity index (χ4n) is 3.50. The second-order valence-electron chi connectivity index (χ2n) is 7.93. The third-order valence-corrected chi connectivity index (χ3v) is 5.05. The molecule has 0 saturated carbocycles. The number of hydrogen-bond donors (Lipinski definition) is 0. The van der Waals surface area contributed by atoms with E-state index in [0.29, 0.717) is 0 Å². The maximum Gasteiger partial charge on any atom is -0.0105 e. The first kappa shape index (κ1) is 16.6. The monoisotopic (exact) mass is 336 g/mol. The van der Waals surface area contributed by atoms with E-state index in [4.69, 9.17) is 0 Å². The van der Waals surface area contributed by atoms with E-state index in [9.17, 15) is 0 Å². The van der Waals surface area contributed by atoms with Gasteiger partial charge in [-0.05, 0) is 50.1 Å². The summed E-state index contributed by atoms with van der Waals surface area (Å²) >= 11 is 0. The zero-order valence-corrected chi connectivity index (χ0v) is 15.7. The van der Waals surface area contributed by atoms with E-state index in [1.807, 2.05) is 0 Å². The van der Waals surface area contributed by atoms with Gasteiger partial charge in [0.25, 0.3) is 0 Å². The molecule has 26 heavy (non-hydrogen) atoms. The van der Waals surface area contributed by atoms with Crippen LogP contribution in [-0.2, 0) is 5.41 Å². The maximum atomic E-state index is 2.30. The molecule has 0 aliphatic heterocycles. The molecule has 0 heteroatoms. The van der Waals surface area contributed by atoms with Crippen LogP contribution < -0.4 is 0 Å². The first-order valence-electron chi connectivity index (χ1n) is 9.21. The molecule has 0 atom stereocenters. The van der Waals surface area contributed by atoms with Gasteiger partial charge in [-0.25, -0.2) is 0 Å². The van der Waals surface area contributed by atoms with Crippen molar-refractivity contribution >= 4 is 10.8 Å². The Hall–Kier alpha value is -2.86. The van der Waals surface area contributed by atoms with Crippen LogP contribution in [0.15, 0.2) is 91.0 Å². The van der Waals surface area contributed by atoms with E-state index in [1.54, 1.807) is 0 Å². The summed E-state index contributed by atoms with van der Waals surface area (Å²) in [6.45, 7) is 6.76. The van der Waals surface area contributed by atoms with Crippen molar-refractivity contribution in [1.29, 1.82) is 0 Å². The van der Waals surface area contributed by atoms with Crippen molar-refractivity contribution in [3.05, 3.63) is 96.6 Å². The zero-order valence-electron chi connectivity index (χ0n) is 15.7. The molecule has 0 aliphatic carbocycles. The lowest BCUT2D eigenvalue weighted by atomic mass is 9.86. The van der Waals surface area contributed by atoms with E-state index in [-0.39, 0.29) is 5.41 Å². The van der Waals surface area contributed by atoms with Crippen LogP contribution in [0.1, 0.15) is 26.3 Å². The highest BCUT2D eigenvalue weighted by molar-refractivity contribution is 5.98. The highest BCUT2D eigenvalue weighted by Gasteiger charge is 2.13. The Morgan fingerprint density at radius 3 is 1.92 bits per heavy atom. The van der Waals surface area contributed by atoms with Gasteiger partial charge in [0.2, 0.25) is 0 Å². The van der Waals surface area contributed by atoms with Gasteiger partial charge in [0.1, 0.15) is 0 Å². The van der Waals surface area contributed by atoms with E-state index in [0.717, 1.165) is 0 Å². The lowest BCUT2D eigenvalue weighted by Gasteiger charge is -2.19. The third-order valence-electron chi connectivity index (χ3n) is 5.05. The van der Waals surface area contributed by atoms with Crippen LogP contribution in [0.2, 0.25) is 0 Å². The second-order valence-corrected chi connectivity index (χ2v) is 7.93. The molecule has 128 valence electrons. The summed E-state index contributed by atoms with van der Waals surface area (Å²) in [5.41, 5.74) is 6.65. The molecule has 0 heterocycles. The van der Waals surface area contributed by atoms with Crippen molar-refractivity contribution in [1.82, 2.24) is 0 Å². The number of benzene rings is 4. The summed E-state index contributed by atoms with van der Waals surface area (Å²) < 4.78 is 0. The minimum absolute atomic E-state index is 0.187. The Morgan fingerprint density at radius 1 is 0.538 bits per heavy atom. The molecule has 4 rings (SSSR count). The highest BCUT2D eigenvalue weighted by Crippen LogP contribution is 2.32. The van der Waals surface area contributed by atoms with E-state index >= 15 is 0 Å². The van der Waals surface area contributed by atoms with Crippen LogP contribution in [0, 0.1) is 0 Å². The molecule has 0 aromatic heterocycles. The predicted octanol–water partition coefficient (Wildman–Crippen LogP) is 7.47. The molecule has 0 N–H and O–H groups in total. The third kappa shape index (κ3) is 3.15. The normalized spacial score (nSPS) is 11.7. The first-order chi connectivity index (χ1) is 12.5. The van der Waals surface area contributed by atoms with Crippen molar-refractivity contribution in [2.45, 2.75) is 26.2 Å². The Balaban J connectivity index is 1.77. The molecule has 4 aromatic carbocycles. The van der Waals surface area contributed by atoms with Crippen LogP contribution >= 0.6 is 0 Å². The Kier molecular flexibility index (Phi) is 4.12. The Bertz CT molecular complexity index is 1030. The van der Waals surface area contributed by atoms with Crippen LogP contribution in [0.3, 0.4) is 0 Å². The quantitative estimate of drug-likeness (QED) is 0.356. The van der Waals surface area contributed by atoms with Gasteiger partial charge in [0, 0.05) is 0 Å². The molecular weight excluding hydrogens is 312 g/mol. The van der Waals surface area contributed by atoms with Gasteiger partial charge in [-0.1, -0.05) is 106 Å². The SMILES string of the molecule is CC(C)(C)c1ccc(-c2ccc3c(-c4ccccc4)cccc3c2)cc1. The fraction of sp³-hybridized carbons (Fsp3) is 0.154. The van der Waals surface area contributed by atoms with Crippen molar-refractivity contribution in [2.75, 3.05) is 0 Å². The lowest BCUT2D eigenvalue weighted by Crippen LogP contribution is -2.10. The summed E-state index contributed by atoms with van der Waals surface area (Å²) in [5.74, 6) is 0. The van der Waals surface area contributed by atoms with Crippen LogP contribution in [-0.4, -0.2) is 0 Å². The van der Waals surface area contributed by atoms with Crippen molar-refractivity contribution in [3.8, 4) is 22.3 Å². The summed E-state index contributed by atoms with van der Waals surface area (Å²) in [7, 11) is 0. The summed E-state index contributed by atoms with van der Waals surface area (Å²) in [6.07, 6.45) is 0. The summed E-state index contributed by atoms with van der Waals surface area (Å²) in [6, 6.07) is 32.9. The van der Waals surface area contributed by atoms with Gasteiger partial charge in [0.15, 0.2) is 0 Å². The van der Waals surface area contributed by atoms with E-state index in [2.05, 4.69) is 112 Å². The van der Waals surface area contributed by atoms with Crippen LogP contribution in [0.25, 0.3) is 33.0 Å². The molecule has 0 bridgehead atoms. The van der Waals surface area contributed by atoms with Gasteiger partial charge in [-0.15, -0.1) is 0 Å². The van der Waals surface area contributed by atoms with Gasteiger partial charge in [0.05, 0.1) is 0 Å². The van der Waals surface area contributed by atoms with Gasteiger partial charge >= 0.3 is 0 Å². The summed E-state index contributed by atoms with van der Waals surface area (Å²) in [5, 5.41) is 2.58. The van der Waals surface area contributed by atoms with Gasteiger partial charge in [-0.2, -0.15) is 0 Å². The molecule has 0 unspecified atom stereocenters. The molecule has 0 spiro atoms. The highest BCUT2D eigenvalue weighted by atomic mass is 14.2. The first-order valence-corrected chi connectivity index (χ1v) is 9.21. The molecule has 0 nitrogen and oxygen atoms in total. The molecule has 0 saturated heterocycles. The largest absolute Gasteiger partial charge is 0.0622 e. The minimum Gasteiger partial charge on any atom is -0.0622 e. The van der Waals surface area contributed by atoms with Crippen LogP contribution in [0.5, 0.6) is 0 Å². The fourth-order valence-corrected chi connectivity index (χ4v) is 3.50.